The minimum Gasteiger partial charge on any atom is -0.491 e. The highest BCUT2D eigenvalue weighted by Gasteiger charge is 2.35. The molecule has 0 radical (unpaired) electrons. The van der Waals surface area contributed by atoms with Crippen molar-refractivity contribution in [1.29, 1.82) is 0 Å². The number of anilines is 1. The molecule has 2 heterocycles. The highest BCUT2D eigenvalue weighted by Crippen LogP contribution is 2.39. The Balaban J connectivity index is 2.50. The Morgan fingerprint density at radius 2 is 2.00 bits per heavy atom. The molecule has 0 saturated carbocycles. The number of aromatic nitrogens is 3. The summed E-state index contributed by atoms with van der Waals surface area (Å²) in [6, 6.07) is 0. The standard InChI is InChI=1S/C9H7F3N4OS/c1-17-6-5(15-3-16-7(6)13)4-2-14-8(18-4)9(10,11)12/h2-3H,1H3,(H2,13,15,16). The van der Waals surface area contributed by atoms with Crippen molar-refractivity contribution in [3.05, 3.63) is 17.5 Å². The summed E-state index contributed by atoms with van der Waals surface area (Å²) >= 11 is 0.469. The fourth-order valence-corrected chi connectivity index (χ4v) is 2.06. The molecule has 0 amide bonds. The number of ether oxygens (including phenoxy) is 1. The fourth-order valence-electron chi connectivity index (χ4n) is 1.28. The van der Waals surface area contributed by atoms with Gasteiger partial charge >= 0.3 is 6.18 Å². The average Bonchev–Trinajstić information content (AvgIpc) is 2.77. The molecule has 2 aromatic heterocycles. The number of halogens is 3. The van der Waals surface area contributed by atoms with E-state index in [-0.39, 0.29) is 22.1 Å². The number of hydrogen-bond donors (Lipinski definition) is 1. The van der Waals surface area contributed by atoms with Crippen LogP contribution in [0.1, 0.15) is 5.01 Å². The highest BCUT2D eigenvalue weighted by molar-refractivity contribution is 7.15. The molecule has 2 rings (SSSR count). The molecule has 0 atom stereocenters. The molecule has 18 heavy (non-hydrogen) atoms. The van der Waals surface area contributed by atoms with E-state index in [1.54, 1.807) is 0 Å². The lowest BCUT2D eigenvalue weighted by atomic mass is 10.3. The summed E-state index contributed by atoms with van der Waals surface area (Å²) in [5, 5.41) is -0.947. The third kappa shape index (κ3) is 2.21. The molecule has 0 bridgehead atoms. The third-order valence-corrected chi connectivity index (χ3v) is 3.07. The number of hydrogen-bond acceptors (Lipinski definition) is 6. The van der Waals surface area contributed by atoms with E-state index in [0.29, 0.717) is 11.3 Å². The Morgan fingerprint density at radius 1 is 1.28 bits per heavy atom. The van der Waals surface area contributed by atoms with Gasteiger partial charge in [-0.3, -0.25) is 0 Å². The van der Waals surface area contributed by atoms with Crippen LogP contribution in [0.4, 0.5) is 19.0 Å². The number of nitrogens with two attached hydrogens (primary N) is 1. The van der Waals surface area contributed by atoms with E-state index >= 15 is 0 Å². The molecule has 0 spiro atoms. The van der Waals surface area contributed by atoms with E-state index in [0.717, 1.165) is 12.5 Å². The van der Waals surface area contributed by atoms with Gasteiger partial charge in [-0.2, -0.15) is 13.2 Å². The van der Waals surface area contributed by atoms with E-state index in [4.69, 9.17) is 10.5 Å². The van der Waals surface area contributed by atoms with Crippen LogP contribution in [0.25, 0.3) is 10.6 Å². The van der Waals surface area contributed by atoms with Crippen LogP contribution in [0.15, 0.2) is 12.5 Å². The number of nitrogens with zero attached hydrogens (tertiary/aromatic N) is 3. The van der Waals surface area contributed by atoms with Crippen molar-refractivity contribution in [1.82, 2.24) is 15.0 Å². The highest BCUT2D eigenvalue weighted by atomic mass is 32.1. The van der Waals surface area contributed by atoms with Crippen LogP contribution in [0.5, 0.6) is 5.75 Å². The smallest absolute Gasteiger partial charge is 0.443 e. The van der Waals surface area contributed by atoms with Gasteiger partial charge < -0.3 is 10.5 Å². The summed E-state index contributed by atoms with van der Waals surface area (Å²) in [6.07, 6.45) is -2.24. The van der Waals surface area contributed by atoms with E-state index in [9.17, 15) is 13.2 Å². The van der Waals surface area contributed by atoms with Crippen molar-refractivity contribution >= 4 is 17.2 Å². The molecular weight excluding hydrogens is 269 g/mol. The zero-order valence-corrected chi connectivity index (χ0v) is 9.84. The summed E-state index contributed by atoms with van der Waals surface area (Å²) in [4.78, 5) is 11.1. The molecule has 0 aliphatic heterocycles. The molecule has 0 aliphatic carbocycles. The zero-order chi connectivity index (χ0) is 13.3. The SMILES string of the molecule is COc1c(N)ncnc1-c1cnc(C(F)(F)F)s1. The van der Waals surface area contributed by atoms with Gasteiger partial charge in [-0.05, 0) is 0 Å². The maximum absolute atomic E-state index is 12.4. The second kappa shape index (κ2) is 4.41. The largest absolute Gasteiger partial charge is 0.491 e. The average molecular weight is 276 g/mol. The number of thiazole rings is 1. The van der Waals surface area contributed by atoms with Crippen molar-refractivity contribution in [2.24, 2.45) is 0 Å². The number of rotatable bonds is 2. The number of nitrogen functional groups attached to an aromatic ring is 1. The van der Waals surface area contributed by atoms with Crippen LogP contribution in [0, 0.1) is 0 Å². The van der Waals surface area contributed by atoms with Gasteiger partial charge in [-0.1, -0.05) is 0 Å². The maximum Gasteiger partial charge on any atom is 0.443 e. The molecule has 2 aromatic rings. The van der Waals surface area contributed by atoms with Gasteiger partial charge in [-0.15, -0.1) is 11.3 Å². The molecule has 0 aliphatic rings. The number of methoxy groups -OCH3 is 1. The van der Waals surface area contributed by atoms with Gasteiger partial charge in [0.1, 0.15) is 12.0 Å². The molecule has 0 aromatic carbocycles. The van der Waals surface area contributed by atoms with Crippen molar-refractivity contribution in [3.8, 4) is 16.3 Å². The van der Waals surface area contributed by atoms with E-state index in [1.807, 2.05) is 0 Å². The number of alkyl halides is 3. The molecule has 0 fully saturated rings. The summed E-state index contributed by atoms with van der Waals surface area (Å²) in [6.45, 7) is 0. The first kappa shape index (κ1) is 12.6. The Labute approximate surface area is 103 Å². The summed E-state index contributed by atoms with van der Waals surface area (Å²) in [5.74, 6) is 0.194. The van der Waals surface area contributed by atoms with Crippen molar-refractivity contribution in [2.45, 2.75) is 6.18 Å². The lowest BCUT2D eigenvalue weighted by Crippen LogP contribution is -2.02. The molecule has 0 saturated heterocycles. The molecule has 2 N–H and O–H groups in total. The van der Waals surface area contributed by atoms with Crippen LogP contribution in [0.3, 0.4) is 0 Å². The van der Waals surface area contributed by atoms with Crippen LogP contribution in [-0.2, 0) is 6.18 Å². The fraction of sp³-hybridized carbons (Fsp3) is 0.222. The third-order valence-electron chi connectivity index (χ3n) is 2.02. The lowest BCUT2D eigenvalue weighted by molar-refractivity contribution is -0.137. The minimum absolute atomic E-state index is 0.0597. The molecule has 9 heteroatoms. The topological polar surface area (TPSA) is 73.9 Å². The first-order chi connectivity index (χ1) is 8.43. The molecule has 5 nitrogen and oxygen atoms in total. The Morgan fingerprint density at radius 3 is 2.56 bits per heavy atom. The quantitative estimate of drug-likeness (QED) is 0.910. The first-order valence-corrected chi connectivity index (χ1v) is 5.43. The van der Waals surface area contributed by atoms with Gasteiger partial charge in [0.2, 0.25) is 0 Å². The van der Waals surface area contributed by atoms with Gasteiger partial charge in [0.05, 0.1) is 12.0 Å². The normalized spacial score (nSPS) is 11.6. The van der Waals surface area contributed by atoms with Crippen LogP contribution in [-0.4, -0.2) is 22.1 Å². The van der Waals surface area contributed by atoms with E-state index in [2.05, 4.69) is 15.0 Å². The zero-order valence-electron chi connectivity index (χ0n) is 9.02. The molecule has 96 valence electrons. The summed E-state index contributed by atoms with van der Waals surface area (Å²) in [7, 11) is 1.34. The van der Waals surface area contributed by atoms with Crippen molar-refractivity contribution in [2.75, 3.05) is 12.8 Å². The second-order valence-electron chi connectivity index (χ2n) is 3.17. The first-order valence-electron chi connectivity index (χ1n) is 4.61. The van der Waals surface area contributed by atoms with Crippen molar-refractivity contribution < 1.29 is 17.9 Å². The summed E-state index contributed by atoms with van der Waals surface area (Å²) < 4.78 is 42.3. The predicted octanol–water partition coefficient (Wildman–Crippen LogP) is 2.21. The van der Waals surface area contributed by atoms with Gasteiger partial charge in [0.25, 0.3) is 0 Å². The van der Waals surface area contributed by atoms with Gasteiger partial charge in [0.15, 0.2) is 16.6 Å². The van der Waals surface area contributed by atoms with Crippen LogP contribution >= 0.6 is 11.3 Å². The molecule has 0 unspecified atom stereocenters. The Kier molecular flexibility index (Phi) is 3.07. The molecular formula is C9H7F3N4OS. The van der Waals surface area contributed by atoms with Crippen LogP contribution < -0.4 is 10.5 Å². The van der Waals surface area contributed by atoms with Crippen LogP contribution in [0.2, 0.25) is 0 Å². The Hall–Kier alpha value is -1.90. The lowest BCUT2D eigenvalue weighted by Gasteiger charge is -2.06. The van der Waals surface area contributed by atoms with Gasteiger partial charge in [0, 0.05) is 6.20 Å². The van der Waals surface area contributed by atoms with E-state index < -0.39 is 11.2 Å². The monoisotopic (exact) mass is 276 g/mol. The summed E-state index contributed by atoms with van der Waals surface area (Å²) in [5.41, 5.74) is 5.74. The van der Waals surface area contributed by atoms with E-state index in [1.165, 1.54) is 7.11 Å². The van der Waals surface area contributed by atoms with Gasteiger partial charge in [-0.25, -0.2) is 15.0 Å². The minimum atomic E-state index is -4.48. The predicted molar refractivity (Wildman–Crippen MR) is 59.1 cm³/mol. The van der Waals surface area contributed by atoms with Crippen molar-refractivity contribution in [3.63, 3.8) is 0 Å². The second-order valence-corrected chi connectivity index (χ2v) is 4.20. The Bertz CT molecular complexity index is 569. The maximum atomic E-state index is 12.4.